The van der Waals surface area contributed by atoms with Crippen LogP contribution in [0.5, 0.6) is 0 Å². The second-order valence-electron chi connectivity index (χ2n) is 5.59. The summed E-state index contributed by atoms with van der Waals surface area (Å²) in [5, 5.41) is 4.48. The average Bonchev–Trinajstić information content (AvgIpc) is 2.98. The van der Waals surface area contributed by atoms with Crippen LogP contribution in [0.15, 0.2) is 24.7 Å². The quantitative estimate of drug-likeness (QED) is 0.790. The summed E-state index contributed by atoms with van der Waals surface area (Å²) in [6.45, 7) is 5.96. The number of nitrogens with zero attached hydrogens (tertiary/aromatic N) is 3. The smallest absolute Gasteiger partial charge is 0.0562 e. The maximum Gasteiger partial charge on any atom is 0.0562 e. The van der Waals surface area contributed by atoms with Crippen LogP contribution in [0, 0.1) is 6.07 Å². The molecule has 0 aliphatic carbocycles. The van der Waals surface area contributed by atoms with Gasteiger partial charge in [0, 0.05) is 58.3 Å². The molecule has 0 unspecified atom stereocenters. The first kappa shape index (κ1) is 16.8. The van der Waals surface area contributed by atoms with E-state index in [9.17, 15) is 0 Å². The van der Waals surface area contributed by atoms with E-state index in [0.717, 1.165) is 42.9 Å². The standard InChI is InChI=1S/C16H20N3O.Y/c1-12(2)13-3-4-16(17-9-13)14-10-18-19(11-14)15-5-7-20-8-6-15;/h4,9-12,15H,5-8H2,1-2H3;/q-1;. The number of aromatic nitrogens is 3. The molecule has 1 aliphatic heterocycles. The van der Waals surface area contributed by atoms with Crippen LogP contribution < -0.4 is 0 Å². The van der Waals surface area contributed by atoms with Gasteiger partial charge >= 0.3 is 0 Å². The van der Waals surface area contributed by atoms with E-state index in [1.54, 1.807) is 0 Å². The van der Waals surface area contributed by atoms with Crippen molar-refractivity contribution in [2.45, 2.75) is 38.6 Å². The van der Waals surface area contributed by atoms with Crippen molar-refractivity contribution in [1.29, 1.82) is 0 Å². The summed E-state index contributed by atoms with van der Waals surface area (Å²) in [5.74, 6) is 0.460. The second-order valence-corrected chi connectivity index (χ2v) is 5.59. The maximum atomic E-state index is 5.39. The van der Waals surface area contributed by atoms with Crippen molar-refractivity contribution in [3.63, 3.8) is 0 Å². The Balaban J connectivity index is 0.00000161. The van der Waals surface area contributed by atoms with E-state index in [1.165, 1.54) is 0 Å². The van der Waals surface area contributed by atoms with E-state index in [4.69, 9.17) is 4.74 Å². The van der Waals surface area contributed by atoms with Gasteiger partial charge in [-0.2, -0.15) is 17.2 Å². The summed E-state index contributed by atoms with van der Waals surface area (Å²) in [4.78, 5) is 4.52. The SMILES string of the molecule is CC(C)c1[c-]cc(-c2cnn(C3CCOCC3)c2)nc1.[Y]. The number of hydrogen-bond acceptors (Lipinski definition) is 3. The fraction of sp³-hybridized carbons (Fsp3) is 0.500. The fourth-order valence-electron chi connectivity index (χ4n) is 2.46. The number of hydrogen-bond donors (Lipinski definition) is 0. The van der Waals surface area contributed by atoms with E-state index < -0.39 is 0 Å². The molecule has 0 atom stereocenters. The Morgan fingerprint density at radius 3 is 2.67 bits per heavy atom. The number of pyridine rings is 1. The molecular weight excluding hydrogens is 339 g/mol. The third-order valence-electron chi connectivity index (χ3n) is 3.80. The molecule has 21 heavy (non-hydrogen) atoms. The van der Waals surface area contributed by atoms with Crippen molar-refractivity contribution >= 4 is 0 Å². The van der Waals surface area contributed by atoms with E-state index in [-0.39, 0.29) is 32.7 Å². The maximum absolute atomic E-state index is 5.39. The van der Waals surface area contributed by atoms with E-state index in [0.29, 0.717) is 12.0 Å². The molecule has 1 aliphatic rings. The summed E-state index contributed by atoms with van der Waals surface area (Å²) in [7, 11) is 0. The fourth-order valence-corrected chi connectivity index (χ4v) is 2.46. The van der Waals surface area contributed by atoms with Crippen LogP contribution in [0.2, 0.25) is 0 Å². The Morgan fingerprint density at radius 2 is 2.05 bits per heavy atom. The van der Waals surface area contributed by atoms with Crippen LogP contribution in [-0.2, 0) is 37.4 Å². The minimum atomic E-state index is 0. The first-order chi connectivity index (χ1) is 9.74. The Morgan fingerprint density at radius 1 is 1.29 bits per heavy atom. The van der Waals surface area contributed by atoms with E-state index in [2.05, 4.69) is 40.9 Å². The minimum Gasteiger partial charge on any atom is -0.382 e. The Kier molecular flexibility index (Phi) is 6.09. The minimum absolute atomic E-state index is 0. The Bertz CT molecular complexity index is 559. The molecule has 2 aromatic heterocycles. The van der Waals surface area contributed by atoms with Crippen molar-refractivity contribution in [3.8, 4) is 11.3 Å². The molecule has 0 N–H and O–H groups in total. The monoisotopic (exact) mass is 359 g/mol. The number of rotatable bonds is 3. The first-order valence-electron chi connectivity index (χ1n) is 7.24. The van der Waals surface area contributed by atoms with Crippen LogP contribution in [-0.4, -0.2) is 28.0 Å². The van der Waals surface area contributed by atoms with Gasteiger partial charge in [0.15, 0.2) is 0 Å². The normalized spacial score (nSPS) is 16.0. The molecule has 0 saturated carbocycles. The van der Waals surface area contributed by atoms with Gasteiger partial charge in [-0.3, -0.25) is 4.68 Å². The van der Waals surface area contributed by atoms with Gasteiger partial charge in [0.05, 0.1) is 6.04 Å². The zero-order valence-electron chi connectivity index (χ0n) is 12.6. The van der Waals surface area contributed by atoms with Crippen LogP contribution in [0.25, 0.3) is 11.3 Å². The summed E-state index contributed by atoms with van der Waals surface area (Å²) in [6.07, 6.45) is 7.95. The van der Waals surface area contributed by atoms with Gasteiger partial charge in [-0.25, -0.2) is 0 Å². The Hall–Kier alpha value is -0.576. The molecular formula is C16H20N3OY-. The van der Waals surface area contributed by atoms with Crippen molar-refractivity contribution in [3.05, 3.63) is 36.3 Å². The zero-order valence-corrected chi connectivity index (χ0v) is 15.5. The summed E-state index contributed by atoms with van der Waals surface area (Å²) in [5.41, 5.74) is 3.14. The van der Waals surface area contributed by atoms with Gasteiger partial charge in [0.1, 0.15) is 0 Å². The molecule has 0 amide bonds. The molecule has 3 heterocycles. The van der Waals surface area contributed by atoms with Crippen LogP contribution in [0.3, 0.4) is 0 Å². The predicted molar refractivity (Wildman–Crippen MR) is 77.5 cm³/mol. The molecule has 1 radical (unpaired) electrons. The summed E-state index contributed by atoms with van der Waals surface area (Å²) >= 11 is 0. The summed E-state index contributed by atoms with van der Waals surface area (Å²) in [6, 6.07) is 5.72. The van der Waals surface area contributed by atoms with Crippen LogP contribution in [0.4, 0.5) is 0 Å². The van der Waals surface area contributed by atoms with E-state index in [1.807, 2.05) is 18.5 Å². The second kappa shape index (κ2) is 7.62. The molecule has 1 saturated heterocycles. The summed E-state index contributed by atoms with van der Waals surface area (Å²) < 4.78 is 7.44. The van der Waals surface area contributed by atoms with Crippen LogP contribution >= 0.6 is 0 Å². The van der Waals surface area contributed by atoms with Gasteiger partial charge in [0.2, 0.25) is 0 Å². The van der Waals surface area contributed by atoms with Crippen molar-refractivity contribution < 1.29 is 37.4 Å². The van der Waals surface area contributed by atoms with E-state index >= 15 is 0 Å². The molecule has 2 aromatic rings. The molecule has 0 spiro atoms. The molecule has 0 bridgehead atoms. The number of ether oxygens (including phenoxy) is 1. The van der Waals surface area contributed by atoms with Crippen LogP contribution in [0.1, 0.15) is 44.2 Å². The van der Waals surface area contributed by atoms with Gasteiger partial charge in [0.25, 0.3) is 0 Å². The van der Waals surface area contributed by atoms with Gasteiger partial charge < -0.3 is 9.72 Å². The Labute approximate surface area is 151 Å². The first-order valence-corrected chi connectivity index (χ1v) is 7.24. The molecule has 5 heteroatoms. The largest absolute Gasteiger partial charge is 0.382 e. The molecule has 4 nitrogen and oxygen atoms in total. The van der Waals surface area contributed by atoms with Crippen molar-refractivity contribution in [1.82, 2.24) is 14.8 Å². The van der Waals surface area contributed by atoms with Gasteiger partial charge in [-0.05, 0) is 30.0 Å². The third kappa shape index (κ3) is 3.99. The molecule has 0 aromatic carbocycles. The average molecular weight is 359 g/mol. The third-order valence-corrected chi connectivity index (χ3v) is 3.80. The van der Waals surface area contributed by atoms with Gasteiger partial charge in [-0.1, -0.05) is 20.0 Å². The molecule has 109 valence electrons. The molecule has 1 fully saturated rings. The topological polar surface area (TPSA) is 39.9 Å². The predicted octanol–water partition coefficient (Wildman–Crippen LogP) is 3.22. The van der Waals surface area contributed by atoms with Gasteiger partial charge in [-0.15, -0.1) is 5.56 Å². The molecule has 3 rings (SSSR count). The van der Waals surface area contributed by atoms with Crippen molar-refractivity contribution in [2.75, 3.05) is 13.2 Å². The zero-order chi connectivity index (χ0) is 13.9. The van der Waals surface area contributed by atoms with Crippen molar-refractivity contribution in [2.24, 2.45) is 0 Å².